The highest BCUT2D eigenvalue weighted by Crippen LogP contribution is 2.48. The SMILES string of the molecule is O=C1CCCC2=C1[C@@H](c1ccc(O)cc1)c1c(ccc3ccccc13)N2. The van der Waals surface area contributed by atoms with Gasteiger partial charge in [-0.1, -0.05) is 42.5 Å². The first kappa shape index (κ1) is 15.2. The smallest absolute Gasteiger partial charge is 0.161 e. The number of rotatable bonds is 1. The highest BCUT2D eigenvalue weighted by molar-refractivity contribution is 6.04. The van der Waals surface area contributed by atoms with E-state index in [1.165, 1.54) is 10.8 Å². The van der Waals surface area contributed by atoms with E-state index in [1.807, 2.05) is 24.3 Å². The van der Waals surface area contributed by atoms with Crippen molar-refractivity contribution in [3.63, 3.8) is 0 Å². The van der Waals surface area contributed by atoms with Crippen molar-refractivity contribution in [3.8, 4) is 5.75 Å². The van der Waals surface area contributed by atoms with Crippen molar-refractivity contribution in [2.45, 2.75) is 25.2 Å². The lowest BCUT2D eigenvalue weighted by molar-refractivity contribution is -0.116. The number of aromatic hydroxyl groups is 1. The lowest BCUT2D eigenvalue weighted by atomic mass is 9.74. The quantitative estimate of drug-likeness (QED) is 0.646. The normalized spacial score (nSPS) is 19.1. The lowest BCUT2D eigenvalue weighted by Gasteiger charge is -2.35. The van der Waals surface area contributed by atoms with Crippen LogP contribution < -0.4 is 5.32 Å². The molecule has 0 radical (unpaired) electrons. The van der Waals surface area contributed by atoms with Crippen LogP contribution >= 0.6 is 0 Å². The molecular weight excluding hydrogens is 322 g/mol. The van der Waals surface area contributed by atoms with Crippen LogP contribution in [0.3, 0.4) is 0 Å². The molecule has 0 saturated heterocycles. The van der Waals surface area contributed by atoms with Gasteiger partial charge in [0.1, 0.15) is 5.75 Å². The highest BCUT2D eigenvalue weighted by atomic mass is 16.3. The minimum absolute atomic E-state index is 0.0965. The predicted octanol–water partition coefficient (Wildman–Crippen LogP) is 5.11. The van der Waals surface area contributed by atoms with Crippen LogP contribution in [-0.4, -0.2) is 10.9 Å². The average molecular weight is 341 g/mol. The maximum absolute atomic E-state index is 12.9. The first-order chi connectivity index (χ1) is 12.7. The van der Waals surface area contributed by atoms with Gasteiger partial charge in [-0.05, 0) is 52.9 Å². The van der Waals surface area contributed by atoms with Crippen LogP contribution in [0.2, 0.25) is 0 Å². The molecule has 1 atom stereocenters. The maximum Gasteiger partial charge on any atom is 0.161 e. The van der Waals surface area contributed by atoms with E-state index in [1.54, 1.807) is 12.1 Å². The summed E-state index contributed by atoms with van der Waals surface area (Å²) in [6, 6.07) is 19.8. The van der Waals surface area contributed by atoms with Gasteiger partial charge in [-0.3, -0.25) is 4.79 Å². The predicted molar refractivity (Wildman–Crippen MR) is 103 cm³/mol. The Labute approximate surface area is 152 Å². The second-order valence-electron chi connectivity index (χ2n) is 7.07. The van der Waals surface area contributed by atoms with E-state index in [-0.39, 0.29) is 17.5 Å². The van der Waals surface area contributed by atoms with E-state index < -0.39 is 0 Å². The number of allylic oxidation sites excluding steroid dienone is 2. The molecule has 26 heavy (non-hydrogen) atoms. The van der Waals surface area contributed by atoms with Gasteiger partial charge in [-0.25, -0.2) is 0 Å². The summed E-state index contributed by atoms with van der Waals surface area (Å²) in [5, 5.41) is 15.6. The van der Waals surface area contributed by atoms with E-state index in [9.17, 15) is 9.90 Å². The number of ketones is 1. The first-order valence-electron chi connectivity index (χ1n) is 9.06. The number of phenolic OH excluding ortho intramolecular Hbond substituents is 1. The molecule has 3 aromatic carbocycles. The zero-order chi connectivity index (χ0) is 17.7. The van der Waals surface area contributed by atoms with Gasteiger partial charge in [-0.15, -0.1) is 0 Å². The van der Waals surface area contributed by atoms with Crippen LogP contribution in [0.5, 0.6) is 5.75 Å². The summed E-state index contributed by atoms with van der Waals surface area (Å²) in [4.78, 5) is 12.9. The van der Waals surface area contributed by atoms with Crippen LogP contribution in [-0.2, 0) is 4.79 Å². The van der Waals surface area contributed by atoms with E-state index in [4.69, 9.17) is 0 Å². The number of phenols is 1. The molecule has 3 nitrogen and oxygen atoms in total. The van der Waals surface area contributed by atoms with Gasteiger partial charge in [0.2, 0.25) is 0 Å². The standard InChI is InChI=1S/C23H19NO2/c25-16-11-8-15(9-12-16)21-22-17-5-2-1-4-14(17)10-13-19(22)24-18-6-3-7-20(26)23(18)21/h1-2,4-5,8-13,21,24-25H,3,6-7H2/t21-/m0/s1. The molecule has 0 aromatic heterocycles. The van der Waals surface area contributed by atoms with Gasteiger partial charge in [0, 0.05) is 29.3 Å². The Bertz CT molecular complexity index is 1060. The topological polar surface area (TPSA) is 49.3 Å². The van der Waals surface area contributed by atoms with Crippen LogP contribution in [0.4, 0.5) is 5.69 Å². The molecule has 0 unspecified atom stereocenters. The molecule has 1 heterocycles. The van der Waals surface area contributed by atoms with Crippen LogP contribution in [0.25, 0.3) is 10.8 Å². The number of nitrogens with one attached hydrogen (secondary N) is 1. The molecule has 0 amide bonds. The van der Waals surface area contributed by atoms with Gasteiger partial charge in [0.15, 0.2) is 5.78 Å². The summed E-state index contributed by atoms with van der Waals surface area (Å²) in [6.45, 7) is 0. The molecule has 0 spiro atoms. The number of carbonyl (C=O) groups is 1. The molecule has 0 fully saturated rings. The van der Waals surface area contributed by atoms with Crippen molar-refractivity contribution in [2.75, 3.05) is 5.32 Å². The molecule has 0 saturated carbocycles. The van der Waals surface area contributed by atoms with Gasteiger partial charge in [0.25, 0.3) is 0 Å². The van der Waals surface area contributed by atoms with Crippen molar-refractivity contribution >= 4 is 22.2 Å². The van der Waals surface area contributed by atoms with Crippen molar-refractivity contribution in [1.29, 1.82) is 0 Å². The summed E-state index contributed by atoms with van der Waals surface area (Å²) >= 11 is 0. The van der Waals surface area contributed by atoms with Crippen molar-refractivity contribution in [2.24, 2.45) is 0 Å². The Hall–Kier alpha value is -3.07. The van der Waals surface area contributed by atoms with E-state index in [2.05, 4.69) is 29.6 Å². The van der Waals surface area contributed by atoms with E-state index in [0.29, 0.717) is 6.42 Å². The molecule has 2 aliphatic rings. The second kappa shape index (κ2) is 5.73. The summed E-state index contributed by atoms with van der Waals surface area (Å²) in [5.74, 6) is 0.376. The van der Waals surface area contributed by atoms with Crippen molar-refractivity contribution < 1.29 is 9.90 Å². The van der Waals surface area contributed by atoms with Gasteiger partial charge in [-0.2, -0.15) is 0 Å². The van der Waals surface area contributed by atoms with Crippen molar-refractivity contribution in [3.05, 3.63) is 83.1 Å². The van der Waals surface area contributed by atoms with Crippen molar-refractivity contribution in [1.82, 2.24) is 0 Å². The number of Topliss-reactive ketones (excluding diaryl/α,β-unsaturated/α-hetero) is 1. The number of benzene rings is 3. The molecule has 3 aromatic rings. The Morgan fingerprint density at radius 3 is 2.58 bits per heavy atom. The largest absolute Gasteiger partial charge is 0.508 e. The zero-order valence-corrected chi connectivity index (χ0v) is 14.3. The third kappa shape index (κ3) is 2.24. The Morgan fingerprint density at radius 1 is 0.923 bits per heavy atom. The summed E-state index contributed by atoms with van der Waals surface area (Å²) in [5.41, 5.74) is 5.23. The molecule has 3 heteroatoms. The molecular formula is C23H19NO2. The fourth-order valence-corrected chi connectivity index (χ4v) is 4.35. The fraction of sp³-hybridized carbons (Fsp3) is 0.174. The molecule has 5 rings (SSSR count). The average Bonchev–Trinajstić information content (AvgIpc) is 2.67. The zero-order valence-electron chi connectivity index (χ0n) is 14.3. The van der Waals surface area contributed by atoms with Crippen LogP contribution in [0.15, 0.2) is 71.9 Å². The first-order valence-corrected chi connectivity index (χ1v) is 9.06. The number of anilines is 1. The van der Waals surface area contributed by atoms with E-state index >= 15 is 0 Å². The number of hydrogen-bond acceptors (Lipinski definition) is 3. The molecule has 1 aliphatic carbocycles. The third-order valence-corrected chi connectivity index (χ3v) is 5.52. The summed E-state index contributed by atoms with van der Waals surface area (Å²) in [7, 11) is 0. The van der Waals surface area contributed by atoms with Crippen LogP contribution in [0.1, 0.15) is 36.3 Å². The molecule has 2 N–H and O–H groups in total. The van der Waals surface area contributed by atoms with E-state index in [0.717, 1.165) is 40.9 Å². The Balaban J connectivity index is 1.83. The van der Waals surface area contributed by atoms with Gasteiger partial charge in [0.05, 0.1) is 0 Å². The third-order valence-electron chi connectivity index (χ3n) is 5.52. The number of carbonyl (C=O) groups excluding carboxylic acids is 1. The minimum atomic E-state index is -0.0965. The summed E-state index contributed by atoms with van der Waals surface area (Å²) in [6.07, 6.45) is 2.41. The molecule has 1 aliphatic heterocycles. The van der Waals surface area contributed by atoms with Crippen LogP contribution in [0, 0.1) is 0 Å². The number of fused-ring (bicyclic) bond motifs is 3. The van der Waals surface area contributed by atoms with Gasteiger partial charge >= 0.3 is 0 Å². The maximum atomic E-state index is 12.9. The number of hydrogen-bond donors (Lipinski definition) is 2. The monoisotopic (exact) mass is 341 g/mol. The van der Waals surface area contributed by atoms with Gasteiger partial charge < -0.3 is 10.4 Å². The summed E-state index contributed by atoms with van der Waals surface area (Å²) < 4.78 is 0. The lowest BCUT2D eigenvalue weighted by Crippen LogP contribution is -2.27. The fourth-order valence-electron chi connectivity index (χ4n) is 4.35. The molecule has 0 bridgehead atoms. The highest BCUT2D eigenvalue weighted by Gasteiger charge is 2.35. The Morgan fingerprint density at radius 2 is 1.73 bits per heavy atom. The minimum Gasteiger partial charge on any atom is -0.508 e. The second-order valence-corrected chi connectivity index (χ2v) is 7.07. The molecule has 128 valence electrons. The Kier molecular flexibility index (Phi) is 3.35.